The van der Waals surface area contributed by atoms with Crippen LogP contribution in [0.5, 0.6) is 5.75 Å². The van der Waals surface area contributed by atoms with Crippen molar-refractivity contribution in [3.8, 4) is 5.75 Å². The maximum Gasteiger partial charge on any atom is 0.331 e. The molecule has 0 saturated heterocycles. The smallest absolute Gasteiger partial charge is 0.331 e. The Balaban J connectivity index is 1.21. The number of esters is 1. The number of amides is 5. The molecular weight excluding hydrogens is 538 g/mol. The molecule has 10 nitrogen and oxygen atoms in total. The van der Waals surface area contributed by atoms with Crippen LogP contribution in [0.1, 0.15) is 80.1 Å². The molecule has 3 aliphatic heterocycles. The van der Waals surface area contributed by atoms with Gasteiger partial charge >= 0.3 is 5.97 Å². The van der Waals surface area contributed by atoms with Crippen molar-refractivity contribution in [2.75, 3.05) is 18.0 Å². The van der Waals surface area contributed by atoms with Gasteiger partial charge in [-0.3, -0.25) is 33.8 Å². The maximum atomic E-state index is 13.7. The number of carbonyl (C=O) groups is 6. The molecule has 3 aromatic carbocycles. The Labute approximate surface area is 241 Å². The van der Waals surface area contributed by atoms with Gasteiger partial charge in [0.25, 0.3) is 23.6 Å². The van der Waals surface area contributed by atoms with Gasteiger partial charge in [0.1, 0.15) is 18.8 Å². The highest BCUT2D eigenvalue weighted by molar-refractivity contribution is 6.23. The van der Waals surface area contributed by atoms with Crippen LogP contribution in [-0.4, -0.2) is 63.9 Å². The van der Waals surface area contributed by atoms with Crippen molar-refractivity contribution in [2.24, 2.45) is 0 Å². The molecule has 0 saturated carbocycles. The van der Waals surface area contributed by atoms with Crippen LogP contribution in [0.4, 0.5) is 5.69 Å². The fraction of sp³-hybridized carbons (Fsp3) is 0.250. The third-order valence-electron chi connectivity index (χ3n) is 8.00. The van der Waals surface area contributed by atoms with Gasteiger partial charge in [-0.2, -0.15) is 0 Å². The molecule has 6 rings (SSSR count). The molecule has 10 heteroatoms. The van der Waals surface area contributed by atoms with Crippen LogP contribution < -0.4 is 9.64 Å². The van der Waals surface area contributed by atoms with Gasteiger partial charge in [0.05, 0.1) is 22.3 Å². The molecule has 42 heavy (non-hydrogen) atoms. The average molecular weight is 566 g/mol. The lowest BCUT2D eigenvalue weighted by Crippen LogP contribution is -2.55. The van der Waals surface area contributed by atoms with Gasteiger partial charge in [-0.05, 0) is 74.2 Å². The lowest BCUT2D eigenvalue weighted by atomic mass is 9.80. The monoisotopic (exact) mass is 565 g/mol. The van der Waals surface area contributed by atoms with Crippen molar-refractivity contribution < 1.29 is 33.5 Å². The lowest BCUT2D eigenvalue weighted by molar-refractivity contribution is -0.134. The zero-order valence-electron chi connectivity index (χ0n) is 23.2. The molecule has 0 fully saturated rings. The lowest BCUT2D eigenvalue weighted by Gasteiger charge is -2.46. The van der Waals surface area contributed by atoms with Crippen LogP contribution in [0, 0.1) is 0 Å². The molecule has 212 valence electrons. The summed E-state index contributed by atoms with van der Waals surface area (Å²) < 4.78 is 5.52. The molecule has 0 aliphatic carbocycles. The van der Waals surface area contributed by atoms with Crippen LogP contribution in [0.2, 0.25) is 0 Å². The number of nitrogens with zero attached hydrogens (tertiary/aromatic N) is 3. The summed E-state index contributed by atoms with van der Waals surface area (Å²) >= 11 is 0. The fourth-order valence-corrected chi connectivity index (χ4v) is 6.21. The summed E-state index contributed by atoms with van der Waals surface area (Å²) in [6.45, 7) is 4.87. The zero-order chi connectivity index (χ0) is 29.9. The third-order valence-corrected chi connectivity index (χ3v) is 8.00. The van der Waals surface area contributed by atoms with Crippen molar-refractivity contribution in [3.63, 3.8) is 0 Å². The van der Waals surface area contributed by atoms with E-state index in [9.17, 15) is 28.8 Å². The van der Waals surface area contributed by atoms with Crippen LogP contribution in [-0.2, 0) is 9.59 Å². The summed E-state index contributed by atoms with van der Waals surface area (Å²) in [7, 11) is 0. The molecule has 0 spiro atoms. The quantitative estimate of drug-likeness (QED) is 0.262. The fourth-order valence-electron chi connectivity index (χ4n) is 6.21. The number of benzene rings is 3. The van der Waals surface area contributed by atoms with Crippen molar-refractivity contribution >= 4 is 41.2 Å². The number of hydrogen-bond donors (Lipinski definition) is 0. The van der Waals surface area contributed by atoms with E-state index in [1.165, 1.54) is 18.2 Å². The number of anilines is 1. The van der Waals surface area contributed by atoms with E-state index in [4.69, 9.17) is 4.74 Å². The van der Waals surface area contributed by atoms with E-state index in [2.05, 4.69) is 0 Å². The summed E-state index contributed by atoms with van der Waals surface area (Å²) in [6.07, 6.45) is 0.570. The van der Waals surface area contributed by atoms with E-state index in [0.29, 0.717) is 12.1 Å². The van der Waals surface area contributed by atoms with Crippen LogP contribution >= 0.6 is 0 Å². The number of carbonyl (C=O) groups excluding carboxylic acids is 6. The van der Waals surface area contributed by atoms with Gasteiger partial charge in [0, 0.05) is 11.2 Å². The van der Waals surface area contributed by atoms with Gasteiger partial charge in [0.2, 0.25) is 5.91 Å². The number of hydrogen-bond acceptors (Lipinski definition) is 7. The summed E-state index contributed by atoms with van der Waals surface area (Å²) in [5.41, 5.74) is 1.73. The Kier molecular flexibility index (Phi) is 6.29. The second-order valence-corrected chi connectivity index (χ2v) is 11.3. The molecule has 0 bridgehead atoms. The number of ether oxygens (including phenoxy) is 1. The van der Waals surface area contributed by atoms with Gasteiger partial charge < -0.3 is 9.64 Å². The molecule has 0 N–H and O–H groups in total. The Morgan fingerprint density at radius 1 is 0.762 bits per heavy atom. The molecule has 0 radical (unpaired) electrons. The van der Waals surface area contributed by atoms with E-state index >= 15 is 0 Å². The standard InChI is InChI=1S/C32H27N3O7/c1-18-15-32(2,3)35(26(36)16-33-28(38)20-8-4-5-9-21(20)29(33)39)25-13-12-19(14-24(18)25)42-27(37)17-34-30(40)22-10-6-7-11-23(22)31(34)41/h4-14,18H,15-17H2,1-3H3/t18-/m1/s1. The Bertz CT molecular complexity index is 1660. The highest BCUT2D eigenvalue weighted by Gasteiger charge is 2.43. The zero-order valence-corrected chi connectivity index (χ0v) is 23.2. The first kappa shape index (κ1) is 27.1. The van der Waals surface area contributed by atoms with E-state index in [1.807, 2.05) is 20.8 Å². The largest absolute Gasteiger partial charge is 0.425 e. The van der Waals surface area contributed by atoms with Crippen LogP contribution in [0.25, 0.3) is 0 Å². The first-order chi connectivity index (χ1) is 20.0. The van der Waals surface area contributed by atoms with Gasteiger partial charge in [-0.15, -0.1) is 0 Å². The predicted octanol–water partition coefficient (Wildman–Crippen LogP) is 3.80. The maximum absolute atomic E-state index is 13.7. The summed E-state index contributed by atoms with van der Waals surface area (Å²) in [6, 6.07) is 17.7. The highest BCUT2D eigenvalue weighted by atomic mass is 16.5. The van der Waals surface area contributed by atoms with E-state index in [-0.39, 0.29) is 33.9 Å². The molecule has 0 aromatic heterocycles. The van der Waals surface area contributed by atoms with Crippen LogP contribution in [0.15, 0.2) is 66.7 Å². The van der Waals surface area contributed by atoms with E-state index in [0.717, 1.165) is 15.4 Å². The van der Waals surface area contributed by atoms with Crippen LogP contribution in [0.3, 0.4) is 0 Å². The van der Waals surface area contributed by atoms with Gasteiger partial charge in [-0.25, -0.2) is 4.79 Å². The normalized spacial score (nSPS) is 18.6. The molecule has 1 atom stereocenters. The third kappa shape index (κ3) is 4.27. The second kappa shape index (κ2) is 9.76. The number of fused-ring (bicyclic) bond motifs is 3. The predicted molar refractivity (Wildman–Crippen MR) is 150 cm³/mol. The average Bonchev–Trinajstić information content (AvgIpc) is 3.33. The topological polar surface area (TPSA) is 121 Å². The second-order valence-electron chi connectivity index (χ2n) is 11.3. The summed E-state index contributed by atoms with van der Waals surface area (Å²) in [5, 5.41) is 0. The molecule has 5 amide bonds. The Morgan fingerprint density at radius 3 is 1.74 bits per heavy atom. The SMILES string of the molecule is C[C@@H]1CC(C)(C)N(C(=O)CN2C(=O)c3ccccc3C2=O)c2ccc(OC(=O)CN3C(=O)c4ccccc4C3=O)cc21. The summed E-state index contributed by atoms with van der Waals surface area (Å²) in [5.74, 6) is -3.14. The minimum absolute atomic E-state index is 0.0201. The van der Waals surface area contributed by atoms with E-state index in [1.54, 1.807) is 53.4 Å². The highest BCUT2D eigenvalue weighted by Crippen LogP contribution is 2.45. The molecule has 3 heterocycles. The van der Waals surface area contributed by atoms with Crippen molar-refractivity contribution in [2.45, 2.75) is 38.6 Å². The molecule has 3 aliphatic rings. The van der Waals surface area contributed by atoms with E-state index < -0.39 is 54.1 Å². The minimum atomic E-state index is -0.785. The van der Waals surface area contributed by atoms with Gasteiger partial charge in [-0.1, -0.05) is 31.2 Å². The van der Waals surface area contributed by atoms with Crippen molar-refractivity contribution in [1.29, 1.82) is 0 Å². The Hall–Kier alpha value is -5.12. The first-order valence-corrected chi connectivity index (χ1v) is 13.6. The molecule has 0 unspecified atom stereocenters. The molecular formula is C32H27N3O7. The number of imide groups is 2. The van der Waals surface area contributed by atoms with Crippen molar-refractivity contribution in [3.05, 3.63) is 94.5 Å². The minimum Gasteiger partial charge on any atom is -0.425 e. The Morgan fingerprint density at radius 2 is 1.24 bits per heavy atom. The first-order valence-electron chi connectivity index (χ1n) is 13.6. The summed E-state index contributed by atoms with van der Waals surface area (Å²) in [4.78, 5) is 81.0. The van der Waals surface area contributed by atoms with Gasteiger partial charge in [0.15, 0.2) is 0 Å². The molecule has 3 aromatic rings. The van der Waals surface area contributed by atoms with Crippen molar-refractivity contribution in [1.82, 2.24) is 9.80 Å². The number of rotatable bonds is 5.